The fraction of sp³-hybridized carbons (Fsp3) is 0.833. The molecule has 0 saturated carbocycles. The number of hydrogen-bond donors (Lipinski definition) is 1. The summed E-state index contributed by atoms with van der Waals surface area (Å²) in [5.74, 6) is 1.44. The summed E-state index contributed by atoms with van der Waals surface area (Å²) in [6, 6.07) is -0.0239. The van der Waals surface area contributed by atoms with Gasteiger partial charge in [-0.05, 0) is 19.8 Å². The molecule has 1 aromatic rings. The minimum absolute atomic E-state index is 0.0239. The number of sulfone groups is 1. The Hall–Kier alpha value is -0.990. The summed E-state index contributed by atoms with van der Waals surface area (Å²) in [4.78, 5) is 4.28. The number of hydrogen-bond acceptors (Lipinski definition) is 7. The molecule has 0 spiro atoms. The molecular weight excluding hydrogens is 282 g/mol. The maximum absolute atomic E-state index is 11.3. The third-order valence-electron chi connectivity index (χ3n) is 3.28. The van der Waals surface area contributed by atoms with Crippen LogP contribution >= 0.6 is 0 Å². The first-order chi connectivity index (χ1) is 9.54. The molecule has 1 fully saturated rings. The third-order valence-corrected chi connectivity index (χ3v) is 5.05. The molecule has 20 heavy (non-hydrogen) atoms. The molecule has 2 heterocycles. The minimum Gasteiger partial charge on any atom is -0.370 e. The standard InChI is InChI=1S/C12H21N3O4S/c1-3-10(18-4-2)12-14-11(19-15-12)7-13-9-5-6-20(16,17)8-9/h9-10,13H,3-8H2,1-2H3. The Balaban J connectivity index is 1.87. The highest BCUT2D eigenvalue weighted by atomic mass is 32.2. The fourth-order valence-electron chi connectivity index (χ4n) is 2.23. The normalized spacial score (nSPS) is 23.0. The summed E-state index contributed by atoms with van der Waals surface area (Å²) in [6.07, 6.45) is 1.27. The summed E-state index contributed by atoms with van der Waals surface area (Å²) in [5, 5.41) is 7.05. The van der Waals surface area contributed by atoms with Crippen molar-refractivity contribution in [3.05, 3.63) is 11.7 Å². The van der Waals surface area contributed by atoms with Crippen LogP contribution in [0.15, 0.2) is 4.52 Å². The van der Waals surface area contributed by atoms with Crippen molar-refractivity contribution in [3.8, 4) is 0 Å². The van der Waals surface area contributed by atoms with Crippen molar-refractivity contribution in [1.82, 2.24) is 15.5 Å². The van der Waals surface area contributed by atoms with Crippen molar-refractivity contribution in [1.29, 1.82) is 0 Å². The van der Waals surface area contributed by atoms with E-state index in [4.69, 9.17) is 9.26 Å². The fourth-order valence-corrected chi connectivity index (χ4v) is 3.94. The first-order valence-electron chi connectivity index (χ1n) is 6.92. The lowest BCUT2D eigenvalue weighted by atomic mass is 10.2. The van der Waals surface area contributed by atoms with Crippen LogP contribution in [-0.4, -0.2) is 42.7 Å². The minimum atomic E-state index is -2.87. The summed E-state index contributed by atoms with van der Waals surface area (Å²) >= 11 is 0. The van der Waals surface area contributed by atoms with E-state index in [2.05, 4.69) is 15.5 Å². The molecule has 8 heteroatoms. The molecule has 114 valence electrons. The summed E-state index contributed by atoms with van der Waals surface area (Å²) in [7, 11) is -2.87. The van der Waals surface area contributed by atoms with Gasteiger partial charge in [-0.1, -0.05) is 12.1 Å². The molecule has 2 atom stereocenters. The van der Waals surface area contributed by atoms with E-state index in [0.29, 0.717) is 31.3 Å². The van der Waals surface area contributed by atoms with Gasteiger partial charge < -0.3 is 14.6 Å². The van der Waals surface area contributed by atoms with Gasteiger partial charge in [-0.25, -0.2) is 8.42 Å². The Morgan fingerprint density at radius 3 is 2.90 bits per heavy atom. The van der Waals surface area contributed by atoms with Crippen molar-refractivity contribution in [2.45, 2.75) is 45.4 Å². The second kappa shape index (κ2) is 6.64. The van der Waals surface area contributed by atoms with Gasteiger partial charge in [0.2, 0.25) is 11.7 Å². The van der Waals surface area contributed by atoms with Crippen LogP contribution in [0, 0.1) is 0 Å². The molecule has 1 saturated heterocycles. The van der Waals surface area contributed by atoms with Gasteiger partial charge in [0, 0.05) is 12.6 Å². The van der Waals surface area contributed by atoms with Gasteiger partial charge in [-0.3, -0.25) is 0 Å². The highest BCUT2D eigenvalue weighted by Crippen LogP contribution is 2.18. The third kappa shape index (κ3) is 4.00. The molecule has 0 aliphatic carbocycles. The highest BCUT2D eigenvalue weighted by Gasteiger charge is 2.27. The molecule has 1 N–H and O–H groups in total. The summed E-state index contributed by atoms with van der Waals surface area (Å²) in [6.45, 7) is 4.90. The lowest BCUT2D eigenvalue weighted by Gasteiger charge is -2.09. The van der Waals surface area contributed by atoms with Gasteiger partial charge in [0.15, 0.2) is 9.84 Å². The van der Waals surface area contributed by atoms with Gasteiger partial charge in [0.1, 0.15) is 6.10 Å². The van der Waals surface area contributed by atoms with E-state index in [0.717, 1.165) is 6.42 Å². The van der Waals surface area contributed by atoms with Crippen molar-refractivity contribution in [3.63, 3.8) is 0 Å². The topological polar surface area (TPSA) is 94.3 Å². The Morgan fingerprint density at radius 1 is 1.50 bits per heavy atom. The molecule has 1 aliphatic heterocycles. The number of nitrogens with one attached hydrogen (secondary N) is 1. The van der Waals surface area contributed by atoms with Gasteiger partial charge in [0.25, 0.3) is 0 Å². The number of aromatic nitrogens is 2. The molecule has 0 aromatic carbocycles. The van der Waals surface area contributed by atoms with E-state index >= 15 is 0 Å². The van der Waals surface area contributed by atoms with Gasteiger partial charge in [-0.2, -0.15) is 4.98 Å². The maximum Gasteiger partial charge on any atom is 0.240 e. The van der Waals surface area contributed by atoms with Gasteiger partial charge in [0.05, 0.1) is 18.1 Å². The van der Waals surface area contributed by atoms with Crippen LogP contribution in [0.2, 0.25) is 0 Å². The first-order valence-corrected chi connectivity index (χ1v) is 8.74. The molecule has 0 radical (unpaired) electrons. The zero-order chi connectivity index (χ0) is 14.6. The van der Waals surface area contributed by atoms with Gasteiger partial charge >= 0.3 is 0 Å². The van der Waals surface area contributed by atoms with E-state index in [-0.39, 0.29) is 23.7 Å². The van der Waals surface area contributed by atoms with Crippen molar-refractivity contribution < 1.29 is 17.7 Å². The average Bonchev–Trinajstić information content (AvgIpc) is 3.00. The molecule has 7 nitrogen and oxygen atoms in total. The Kier molecular flexibility index (Phi) is 5.11. The SMILES string of the molecule is CCOC(CC)c1noc(CNC2CCS(=O)(=O)C2)n1. The molecule has 1 aliphatic rings. The quantitative estimate of drug-likeness (QED) is 0.797. The number of ether oxygens (including phenoxy) is 1. The first kappa shape index (κ1) is 15.4. The van der Waals surface area contributed by atoms with E-state index in [1.165, 1.54) is 0 Å². The van der Waals surface area contributed by atoms with Crippen molar-refractivity contribution in [2.75, 3.05) is 18.1 Å². The Labute approximate surface area is 119 Å². The molecule has 0 bridgehead atoms. The smallest absolute Gasteiger partial charge is 0.240 e. The lowest BCUT2D eigenvalue weighted by molar-refractivity contribution is 0.0518. The zero-order valence-corrected chi connectivity index (χ0v) is 12.6. The maximum atomic E-state index is 11.3. The predicted octanol–water partition coefficient (Wildman–Crippen LogP) is 0.834. The Morgan fingerprint density at radius 2 is 2.30 bits per heavy atom. The molecular formula is C12H21N3O4S. The van der Waals surface area contributed by atoms with E-state index in [9.17, 15) is 8.42 Å². The van der Waals surface area contributed by atoms with Crippen molar-refractivity contribution >= 4 is 9.84 Å². The van der Waals surface area contributed by atoms with Crippen LogP contribution in [-0.2, 0) is 21.1 Å². The number of nitrogens with zero attached hydrogens (tertiary/aromatic N) is 2. The molecule has 0 amide bonds. The molecule has 1 aromatic heterocycles. The monoisotopic (exact) mass is 303 g/mol. The summed E-state index contributed by atoms with van der Waals surface area (Å²) < 4.78 is 33.4. The summed E-state index contributed by atoms with van der Waals surface area (Å²) in [5.41, 5.74) is 0. The van der Waals surface area contributed by atoms with Crippen LogP contribution in [0.1, 0.15) is 44.5 Å². The second-order valence-electron chi connectivity index (χ2n) is 4.88. The molecule has 2 rings (SSSR count). The van der Waals surface area contributed by atoms with Crippen LogP contribution in [0.3, 0.4) is 0 Å². The predicted molar refractivity (Wildman–Crippen MR) is 72.9 cm³/mol. The highest BCUT2D eigenvalue weighted by molar-refractivity contribution is 7.91. The van der Waals surface area contributed by atoms with Crippen molar-refractivity contribution in [2.24, 2.45) is 0 Å². The van der Waals surface area contributed by atoms with Gasteiger partial charge in [-0.15, -0.1) is 0 Å². The second-order valence-corrected chi connectivity index (χ2v) is 7.11. The Bertz CT molecular complexity index is 529. The zero-order valence-electron chi connectivity index (χ0n) is 11.8. The molecule has 2 unspecified atom stereocenters. The van der Waals surface area contributed by atoms with Crippen LogP contribution in [0.5, 0.6) is 0 Å². The number of rotatable bonds is 7. The van der Waals surface area contributed by atoms with Crippen LogP contribution in [0.4, 0.5) is 0 Å². The van der Waals surface area contributed by atoms with E-state index in [1.807, 2.05) is 13.8 Å². The lowest BCUT2D eigenvalue weighted by Crippen LogP contribution is -2.29. The largest absolute Gasteiger partial charge is 0.370 e. The van der Waals surface area contributed by atoms with E-state index < -0.39 is 9.84 Å². The van der Waals surface area contributed by atoms with Crippen LogP contribution in [0.25, 0.3) is 0 Å². The van der Waals surface area contributed by atoms with E-state index in [1.54, 1.807) is 0 Å². The average molecular weight is 303 g/mol. The van der Waals surface area contributed by atoms with Crippen LogP contribution < -0.4 is 5.32 Å².